The number of aromatic nitrogens is 6. The number of thioether (sulfide) groups is 1. The predicted octanol–water partition coefficient (Wildman–Crippen LogP) is 3.90. The minimum atomic E-state index is -0.598. The Labute approximate surface area is 212 Å². The average Bonchev–Trinajstić information content (AvgIpc) is 3.51. The molecule has 0 amide bonds. The molecule has 36 heavy (non-hydrogen) atoms. The molecule has 3 atom stereocenters. The predicted molar refractivity (Wildman–Crippen MR) is 137 cm³/mol. The molecular formula is C26H28N6O3S. The van der Waals surface area contributed by atoms with Gasteiger partial charge in [0.2, 0.25) is 0 Å². The van der Waals surface area contributed by atoms with Crippen molar-refractivity contribution in [2.75, 3.05) is 0 Å². The molecule has 2 aromatic heterocycles. The maximum Gasteiger partial charge on any atom is 0.310 e. The maximum atomic E-state index is 13.4. The van der Waals surface area contributed by atoms with Crippen molar-refractivity contribution >= 4 is 28.6 Å². The van der Waals surface area contributed by atoms with Crippen LogP contribution >= 0.6 is 11.8 Å². The summed E-state index contributed by atoms with van der Waals surface area (Å²) in [5, 5.41) is 16.6. The van der Waals surface area contributed by atoms with E-state index >= 15 is 0 Å². The standard InChI is InChI=1S/C26H28N6O3S/c1-26(2,3)35-25(34)23-17(14-32-24(33)20-6-4-5-7-21(20)29-30-32)8-13-22(23)36-19-11-9-18(10-12-19)31-15-27-28-16-31/h4-7,9-12,15-17,22-23H,8,13-14H2,1-3H3/t17-,22-,23-/m0/s1. The summed E-state index contributed by atoms with van der Waals surface area (Å²) >= 11 is 1.68. The van der Waals surface area contributed by atoms with E-state index in [4.69, 9.17) is 4.74 Å². The molecule has 0 spiro atoms. The molecule has 4 aromatic rings. The van der Waals surface area contributed by atoms with E-state index in [9.17, 15) is 9.59 Å². The Morgan fingerprint density at radius 3 is 2.50 bits per heavy atom. The topological polar surface area (TPSA) is 105 Å². The van der Waals surface area contributed by atoms with Crippen molar-refractivity contribution in [1.29, 1.82) is 0 Å². The number of carbonyl (C=O) groups excluding carboxylic acids is 1. The lowest BCUT2D eigenvalue weighted by Gasteiger charge is -2.28. The van der Waals surface area contributed by atoms with Crippen molar-refractivity contribution in [2.24, 2.45) is 11.8 Å². The zero-order valence-corrected chi connectivity index (χ0v) is 21.3. The summed E-state index contributed by atoms with van der Waals surface area (Å²) in [4.78, 5) is 27.5. The van der Waals surface area contributed by atoms with E-state index in [1.54, 1.807) is 36.5 Å². The highest BCUT2D eigenvalue weighted by molar-refractivity contribution is 8.00. The molecule has 0 N–H and O–H groups in total. The lowest BCUT2D eigenvalue weighted by atomic mass is 9.95. The molecule has 1 aliphatic rings. The van der Waals surface area contributed by atoms with Crippen LogP contribution in [0.25, 0.3) is 16.6 Å². The SMILES string of the molecule is CC(C)(C)OC(=O)[C@H]1[C@H](Cn2nnc3ccccc3c2=O)CC[C@@H]1Sc1ccc(-n2cnnc2)cc1. The van der Waals surface area contributed by atoms with Gasteiger partial charge < -0.3 is 4.74 Å². The molecule has 2 aromatic carbocycles. The third kappa shape index (κ3) is 5.18. The molecular weight excluding hydrogens is 476 g/mol. The van der Waals surface area contributed by atoms with Gasteiger partial charge in [-0.2, -0.15) is 0 Å². The van der Waals surface area contributed by atoms with Crippen LogP contribution in [0, 0.1) is 11.8 Å². The Hall–Kier alpha value is -3.53. The zero-order valence-electron chi connectivity index (χ0n) is 20.4. The maximum absolute atomic E-state index is 13.4. The first-order chi connectivity index (χ1) is 17.3. The molecule has 186 valence electrons. The summed E-state index contributed by atoms with van der Waals surface area (Å²) in [5.41, 5.74) is 0.743. The van der Waals surface area contributed by atoms with Gasteiger partial charge in [0.15, 0.2) is 0 Å². The van der Waals surface area contributed by atoms with Gasteiger partial charge in [0.1, 0.15) is 23.8 Å². The Morgan fingerprint density at radius 2 is 1.78 bits per heavy atom. The third-order valence-electron chi connectivity index (χ3n) is 6.29. The lowest BCUT2D eigenvalue weighted by Crippen LogP contribution is -2.37. The number of hydrogen-bond acceptors (Lipinski definition) is 8. The minimum absolute atomic E-state index is 0.0229. The molecule has 9 nitrogen and oxygen atoms in total. The number of fused-ring (bicyclic) bond motifs is 1. The first-order valence-electron chi connectivity index (χ1n) is 12.0. The van der Waals surface area contributed by atoms with Crippen LogP contribution in [0.3, 0.4) is 0 Å². The highest BCUT2D eigenvalue weighted by Gasteiger charge is 2.44. The fourth-order valence-corrected chi connectivity index (χ4v) is 6.04. The van der Waals surface area contributed by atoms with Crippen molar-refractivity contribution < 1.29 is 9.53 Å². The number of hydrogen-bond donors (Lipinski definition) is 0. The second-order valence-corrected chi connectivity index (χ2v) is 11.3. The molecule has 0 unspecified atom stereocenters. The summed E-state index contributed by atoms with van der Waals surface area (Å²) in [5.74, 6) is -0.681. The number of esters is 1. The second-order valence-electron chi connectivity index (χ2n) is 10.0. The van der Waals surface area contributed by atoms with Gasteiger partial charge >= 0.3 is 5.97 Å². The highest BCUT2D eigenvalue weighted by Crippen LogP contribution is 2.44. The van der Waals surface area contributed by atoms with Crippen molar-refractivity contribution in [1.82, 2.24) is 29.8 Å². The van der Waals surface area contributed by atoms with Crippen molar-refractivity contribution in [3.8, 4) is 5.69 Å². The molecule has 0 saturated heterocycles. The molecule has 1 aliphatic carbocycles. The average molecular weight is 505 g/mol. The van der Waals surface area contributed by atoms with Gasteiger partial charge in [0.05, 0.1) is 17.8 Å². The van der Waals surface area contributed by atoms with Crippen LogP contribution in [0.5, 0.6) is 0 Å². The molecule has 1 fully saturated rings. The Balaban J connectivity index is 1.39. The molecule has 0 aliphatic heterocycles. The number of ether oxygens (including phenoxy) is 1. The van der Waals surface area contributed by atoms with Crippen molar-refractivity contribution in [3.63, 3.8) is 0 Å². The van der Waals surface area contributed by atoms with Crippen LogP contribution in [-0.2, 0) is 16.1 Å². The van der Waals surface area contributed by atoms with Crippen LogP contribution in [0.2, 0.25) is 0 Å². The summed E-state index contributed by atoms with van der Waals surface area (Å²) in [7, 11) is 0. The number of carbonyl (C=O) groups is 1. The van der Waals surface area contributed by atoms with Gasteiger partial charge in [-0.15, -0.1) is 27.1 Å². The van der Waals surface area contributed by atoms with Crippen LogP contribution in [0.4, 0.5) is 0 Å². The van der Waals surface area contributed by atoms with Crippen molar-refractivity contribution in [3.05, 3.63) is 71.5 Å². The number of rotatable bonds is 6. The van der Waals surface area contributed by atoms with Crippen LogP contribution in [-0.4, -0.2) is 46.6 Å². The molecule has 10 heteroatoms. The first-order valence-corrected chi connectivity index (χ1v) is 12.8. The van der Waals surface area contributed by atoms with E-state index in [0.29, 0.717) is 17.4 Å². The monoisotopic (exact) mass is 504 g/mol. The van der Waals surface area contributed by atoms with E-state index in [1.807, 2.05) is 61.7 Å². The first kappa shape index (κ1) is 24.2. The third-order valence-corrected chi connectivity index (χ3v) is 7.66. The highest BCUT2D eigenvalue weighted by atomic mass is 32.2. The van der Waals surface area contributed by atoms with E-state index in [-0.39, 0.29) is 28.6 Å². The fourth-order valence-electron chi connectivity index (χ4n) is 4.66. The smallest absolute Gasteiger partial charge is 0.310 e. The minimum Gasteiger partial charge on any atom is -0.460 e. The normalized spacial score (nSPS) is 20.0. The zero-order chi connectivity index (χ0) is 25.3. The van der Waals surface area contributed by atoms with Gasteiger partial charge in [-0.1, -0.05) is 17.3 Å². The Bertz CT molecular complexity index is 1410. The second kappa shape index (κ2) is 9.85. The van der Waals surface area contributed by atoms with Crippen LogP contribution in [0.1, 0.15) is 33.6 Å². The lowest BCUT2D eigenvalue weighted by molar-refractivity contribution is -0.161. The van der Waals surface area contributed by atoms with E-state index in [0.717, 1.165) is 23.4 Å². The van der Waals surface area contributed by atoms with Gasteiger partial charge in [0.25, 0.3) is 5.56 Å². The molecule has 1 saturated carbocycles. The summed E-state index contributed by atoms with van der Waals surface area (Å²) in [6.07, 6.45) is 4.93. The van der Waals surface area contributed by atoms with Crippen LogP contribution in [0.15, 0.2) is 70.9 Å². The van der Waals surface area contributed by atoms with E-state index in [1.165, 1.54) is 4.68 Å². The Morgan fingerprint density at radius 1 is 1.06 bits per heavy atom. The Kier molecular flexibility index (Phi) is 6.61. The summed E-state index contributed by atoms with van der Waals surface area (Å²) in [6.45, 7) is 5.95. The number of benzene rings is 2. The number of nitrogens with zero attached hydrogens (tertiary/aromatic N) is 6. The summed E-state index contributed by atoms with van der Waals surface area (Å²) in [6, 6.07) is 15.3. The quantitative estimate of drug-likeness (QED) is 0.364. The van der Waals surface area contributed by atoms with Crippen molar-refractivity contribution in [2.45, 2.75) is 55.9 Å². The van der Waals surface area contributed by atoms with Crippen LogP contribution < -0.4 is 5.56 Å². The van der Waals surface area contributed by atoms with Gasteiger partial charge in [-0.25, -0.2) is 4.68 Å². The molecule has 0 bridgehead atoms. The largest absolute Gasteiger partial charge is 0.460 e. The summed E-state index contributed by atoms with van der Waals surface area (Å²) < 4.78 is 9.07. The van der Waals surface area contributed by atoms with Gasteiger partial charge in [0, 0.05) is 15.8 Å². The van der Waals surface area contributed by atoms with Gasteiger partial charge in [-0.05, 0) is 75.9 Å². The van der Waals surface area contributed by atoms with Gasteiger partial charge in [-0.3, -0.25) is 14.2 Å². The fraction of sp³-hybridized carbons (Fsp3) is 0.385. The van der Waals surface area contributed by atoms with E-state index < -0.39 is 5.60 Å². The van der Waals surface area contributed by atoms with E-state index in [2.05, 4.69) is 20.5 Å². The molecule has 5 rings (SSSR count). The molecule has 2 heterocycles. The molecule has 0 radical (unpaired) electrons.